The molecule has 2 heterocycles. The lowest BCUT2D eigenvalue weighted by atomic mass is 10.1. The van der Waals surface area contributed by atoms with Gasteiger partial charge in [0.2, 0.25) is 0 Å². The van der Waals surface area contributed by atoms with Gasteiger partial charge in [-0.3, -0.25) is 4.98 Å². The molecule has 104 valence electrons. The summed E-state index contributed by atoms with van der Waals surface area (Å²) >= 11 is 0. The number of nitrogens with zero attached hydrogens (tertiary/aromatic N) is 1. The minimum atomic E-state index is -0.204. The van der Waals surface area contributed by atoms with Crippen LogP contribution in [0.15, 0.2) is 36.5 Å². The average Bonchev–Trinajstić information content (AvgIpc) is 2.83. The van der Waals surface area contributed by atoms with Crippen molar-refractivity contribution in [2.45, 2.75) is 26.0 Å². The van der Waals surface area contributed by atoms with E-state index in [1.54, 1.807) is 18.3 Å². The Morgan fingerprint density at radius 1 is 1.40 bits per heavy atom. The number of fused-ring (bicyclic) bond motifs is 1. The Balaban J connectivity index is 1.53. The predicted molar refractivity (Wildman–Crippen MR) is 75.2 cm³/mol. The number of rotatable bonds is 4. The summed E-state index contributed by atoms with van der Waals surface area (Å²) < 4.78 is 18.9. The lowest BCUT2D eigenvalue weighted by Crippen LogP contribution is -2.30. The first-order chi connectivity index (χ1) is 9.72. The summed E-state index contributed by atoms with van der Waals surface area (Å²) in [5.41, 5.74) is 3.18. The van der Waals surface area contributed by atoms with Crippen LogP contribution in [0.4, 0.5) is 4.39 Å². The molecule has 0 amide bonds. The second-order valence-electron chi connectivity index (χ2n) is 5.09. The molecule has 0 spiro atoms. The number of halogens is 1. The third kappa shape index (κ3) is 2.80. The molecule has 3 rings (SSSR count). The number of aromatic nitrogens is 1. The van der Waals surface area contributed by atoms with Gasteiger partial charge >= 0.3 is 0 Å². The van der Waals surface area contributed by atoms with Gasteiger partial charge in [-0.25, -0.2) is 4.39 Å². The Bertz CT molecular complexity index is 615. The SMILES string of the molecule is Cc1cccnc1CNCC1Cc2cc(F)ccc2O1. The number of hydrogen-bond donors (Lipinski definition) is 1. The summed E-state index contributed by atoms with van der Waals surface area (Å²) in [6, 6.07) is 8.68. The zero-order valence-corrected chi connectivity index (χ0v) is 11.4. The van der Waals surface area contributed by atoms with Gasteiger partial charge in [0.25, 0.3) is 0 Å². The molecule has 3 nitrogen and oxygen atoms in total. The Morgan fingerprint density at radius 3 is 3.15 bits per heavy atom. The first kappa shape index (κ1) is 13.1. The fraction of sp³-hybridized carbons (Fsp3) is 0.312. The summed E-state index contributed by atoms with van der Waals surface area (Å²) in [4.78, 5) is 4.34. The molecule has 1 unspecified atom stereocenters. The Hall–Kier alpha value is -1.94. The summed E-state index contributed by atoms with van der Waals surface area (Å²) in [6.07, 6.45) is 2.62. The van der Waals surface area contributed by atoms with E-state index >= 15 is 0 Å². The lowest BCUT2D eigenvalue weighted by Gasteiger charge is -2.12. The van der Waals surface area contributed by atoms with Gasteiger partial charge in [-0.05, 0) is 36.8 Å². The highest BCUT2D eigenvalue weighted by Gasteiger charge is 2.22. The number of hydrogen-bond acceptors (Lipinski definition) is 3. The van der Waals surface area contributed by atoms with Crippen LogP contribution in [-0.4, -0.2) is 17.6 Å². The number of aryl methyl sites for hydroxylation is 1. The number of nitrogens with one attached hydrogen (secondary N) is 1. The normalized spacial score (nSPS) is 16.8. The van der Waals surface area contributed by atoms with Gasteiger partial charge in [0.1, 0.15) is 17.7 Å². The second kappa shape index (κ2) is 5.59. The van der Waals surface area contributed by atoms with Crippen LogP contribution in [0.5, 0.6) is 5.75 Å². The standard InChI is InChI=1S/C16H17FN2O/c1-11-3-2-6-19-15(11)10-18-9-14-8-12-7-13(17)4-5-16(12)20-14/h2-7,14,18H,8-10H2,1H3. The predicted octanol–water partition coefficient (Wildman–Crippen LogP) is 2.62. The molecule has 0 saturated carbocycles. The summed E-state index contributed by atoms with van der Waals surface area (Å²) in [7, 11) is 0. The highest BCUT2D eigenvalue weighted by molar-refractivity contribution is 5.37. The van der Waals surface area contributed by atoms with Gasteiger partial charge in [0.05, 0.1) is 5.69 Å². The van der Waals surface area contributed by atoms with E-state index in [0.29, 0.717) is 0 Å². The van der Waals surface area contributed by atoms with Crippen LogP contribution in [0, 0.1) is 12.7 Å². The molecule has 1 aliphatic heterocycles. The van der Waals surface area contributed by atoms with Crippen molar-refractivity contribution >= 4 is 0 Å². The van der Waals surface area contributed by atoms with Crippen LogP contribution >= 0.6 is 0 Å². The van der Waals surface area contributed by atoms with Crippen LogP contribution in [0.2, 0.25) is 0 Å². The van der Waals surface area contributed by atoms with E-state index in [1.807, 2.05) is 6.07 Å². The minimum Gasteiger partial charge on any atom is -0.488 e. The second-order valence-corrected chi connectivity index (χ2v) is 5.09. The maximum Gasteiger partial charge on any atom is 0.123 e. The maximum absolute atomic E-state index is 13.1. The molecule has 0 bridgehead atoms. The van der Waals surface area contributed by atoms with Crippen LogP contribution in [-0.2, 0) is 13.0 Å². The van der Waals surface area contributed by atoms with Crippen LogP contribution < -0.4 is 10.1 Å². The Morgan fingerprint density at radius 2 is 2.30 bits per heavy atom. The van der Waals surface area contributed by atoms with E-state index in [4.69, 9.17) is 4.74 Å². The molecule has 1 N–H and O–H groups in total. The zero-order chi connectivity index (χ0) is 13.9. The van der Waals surface area contributed by atoms with Gasteiger partial charge in [-0.1, -0.05) is 6.07 Å². The Kier molecular flexibility index (Phi) is 3.65. The van der Waals surface area contributed by atoms with Crippen molar-refractivity contribution in [3.05, 3.63) is 59.2 Å². The van der Waals surface area contributed by atoms with E-state index in [1.165, 1.54) is 11.6 Å². The van der Waals surface area contributed by atoms with Gasteiger partial charge < -0.3 is 10.1 Å². The molecule has 1 aliphatic rings. The summed E-state index contributed by atoms with van der Waals surface area (Å²) in [5, 5.41) is 3.35. The van der Waals surface area contributed by atoms with E-state index in [2.05, 4.69) is 23.3 Å². The maximum atomic E-state index is 13.1. The molecule has 2 aromatic rings. The molecule has 20 heavy (non-hydrogen) atoms. The van der Waals surface area contributed by atoms with E-state index < -0.39 is 0 Å². The van der Waals surface area contributed by atoms with E-state index in [-0.39, 0.29) is 11.9 Å². The quantitative estimate of drug-likeness (QED) is 0.929. The third-order valence-electron chi connectivity index (χ3n) is 3.55. The topological polar surface area (TPSA) is 34.2 Å². The zero-order valence-electron chi connectivity index (χ0n) is 11.4. The first-order valence-electron chi connectivity index (χ1n) is 6.78. The van der Waals surface area contributed by atoms with Crippen molar-refractivity contribution in [1.29, 1.82) is 0 Å². The fourth-order valence-electron chi connectivity index (χ4n) is 2.46. The van der Waals surface area contributed by atoms with E-state index in [9.17, 15) is 4.39 Å². The molecule has 0 fully saturated rings. The molecule has 4 heteroatoms. The summed E-state index contributed by atoms with van der Waals surface area (Å²) in [5.74, 6) is 0.595. The van der Waals surface area contributed by atoms with Crippen LogP contribution in [0.3, 0.4) is 0 Å². The van der Waals surface area contributed by atoms with Gasteiger partial charge in [-0.15, -0.1) is 0 Å². The number of benzene rings is 1. The molecular formula is C16H17FN2O. The van der Waals surface area contributed by atoms with Crippen molar-refractivity contribution in [3.8, 4) is 5.75 Å². The van der Waals surface area contributed by atoms with Crippen LogP contribution in [0.1, 0.15) is 16.8 Å². The lowest BCUT2D eigenvalue weighted by molar-refractivity contribution is 0.227. The van der Waals surface area contributed by atoms with Crippen molar-refractivity contribution < 1.29 is 9.13 Å². The van der Waals surface area contributed by atoms with Crippen molar-refractivity contribution in [1.82, 2.24) is 10.3 Å². The fourth-order valence-corrected chi connectivity index (χ4v) is 2.46. The third-order valence-corrected chi connectivity index (χ3v) is 3.55. The smallest absolute Gasteiger partial charge is 0.123 e. The average molecular weight is 272 g/mol. The highest BCUT2D eigenvalue weighted by Crippen LogP contribution is 2.28. The van der Waals surface area contributed by atoms with Gasteiger partial charge in [0, 0.05) is 31.3 Å². The molecule has 0 aliphatic carbocycles. The van der Waals surface area contributed by atoms with Crippen LogP contribution in [0.25, 0.3) is 0 Å². The molecular weight excluding hydrogens is 255 g/mol. The largest absolute Gasteiger partial charge is 0.488 e. The molecule has 0 radical (unpaired) electrons. The Labute approximate surface area is 117 Å². The summed E-state index contributed by atoms with van der Waals surface area (Å²) in [6.45, 7) is 3.50. The monoisotopic (exact) mass is 272 g/mol. The molecule has 1 aromatic heterocycles. The molecule has 0 saturated heterocycles. The van der Waals surface area contributed by atoms with Crippen molar-refractivity contribution in [3.63, 3.8) is 0 Å². The molecule has 1 aromatic carbocycles. The minimum absolute atomic E-state index is 0.0656. The number of pyridine rings is 1. The van der Waals surface area contributed by atoms with Gasteiger partial charge in [0.15, 0.2) is 0 Å². The van der Waals surface area contributed by atoms with Crippen molar-refractivity contribution in [2.24, 2.45) is 0 Å². The van der Waals surface area contributed by atoms with Gasteiger partial charge in [-0.2, -0.15) is 0 Å². The van der Waals surface area contributed by atoms with Crippen molar-refractivity contribution in [2.75, 3.05) is 6.54 Å². The van der Waals surface area contributed by atoms with E-state index in [0.717, 1.165) is 36.5 Å². The molecule has 1 atom stereocenters. The first-order valence-corrected chi connectivity index (χ1v) is 6.78. The highest BCUT2D eigenvalue weighted by atomic mass is 19.1. The number of ether oxygens (including phenoxy) is 1.